The highest BCUT2D eigenvalue weighted by Gasteiger charge is 1.90. The molecule has 1 nitrogen and oxygen atoms in total. The third-order valence-electron chi connectivity index (χ3n) is 1.29. The molecule has 0 atom stereocenters. The number of aryl methyl sites for hydroxylation is 1. The molecule has 1 N–H and O–H groups in total. The molecule has 0 fully saturated rings. The SMILES string of the molecule is C[OH+]c1ccc(C)cc1. The van der Waals surface area contributed by atoms with Crippen LogP contribution in [0.5, 0.6) is 5.75 Å². The fourth-order valence-corrected chi connectivity index (χ4v) is 0.694. The van der Waals surface area contributed by atoms with Gasteiger partial charge in [0.1, 0.15) is 0 Å². The number of aliphatic hydroxyl groups is 1. The minimum atomic E-state index is 1.04. The lowest BCUT2D eigenvalue weighted by Gasteiger charge is -1.94. The van der Waals surface area contributed by atoms with Crippen molar-refractivity contribution in [2.24, 2.45) is 0 Å². The lowest BCUT2D eigenvalue weighted by molar-refractivity contribution is 0.136. The maximum Gasteiger partial charge on any atom is 0.254 e. The van der Waals surface area contributed by atoms with E-state index in [4.69, 9.17) is 0 Å². The largest absolute Gasteiger partial charge is 0.585 e. The molecule has 1 heteroatoms. The summed E-state index contributed by atoms with van der Waals surface area (Å²) in [6.45, 7) is 2.07. The van der Waals surface area contributed by atoms with Gasteiger partial charge in [0.15, 0.2) is 7.11 Å². The van der Waals surface area contributed by atoms with Crippen LogP contribution in [-0.4, -0.2) is 11.8 Å². The molecule has 0 amide bonds. The standard InChI is InChI=1S/C8H10O/c1-7-3-5-8(9-2)6-4-7/h3-6H,1-2H3/p+1. The summed E-state index contributed by atoms with van der Waals surface area (Å²) in [7, 11) is 1.80. The van der Waals surface area contributed by atoms with Crippen molar-refractivity contribution in [3.8, 4) is 5.75 Å². The van der Waals surface area contributed by atoms with Gasteiger partial charge in [0.25, 0.3) is 5.75 Å². The molecular formula is C8H11O+. The Labute approximate surface area is 55.3 Å². The van der Waals surface area contributed by atoms with Gasteiger partial charge in [-0.1, -0.05) is 17.7 Å². The smallest absolute Gasteiger partial charge is 0.254 e. The number of benzene rings is 1. The van der Waals surface area contributed by atoms with Gasteiger partial charge in [-0.25, -0.2) is 0 Å². The Bertz CT molecular complexity index is 176. The van der Waals surface area contributed by atoms with E-state index in [-0.39, 0.29) is 0 Å². The molecule has 0 saturated carbocycles. The first-order valence-electron chi connectivity index (χ1n) is 2.99. The van der Waals surface area contributed by atoms with E-state index >= 15 is 0 Å². The maximum absolute atomic E-state index is 4.01. The summed E-state index contributed by atoms with van der Waals surface area (Å²) >= 11 is 0. The lowest BCUT2D eigenvalue weighted by Crippen LogP contribution is -1.76. The summed E-state index contributed by atoms with van der Waals surface area (Å²) in [4.78, 5) is 0. The van der Waals surface area contributed by atoms with Crippen LogP contribution in [-0.2, 0) is 0 Å². The molecule has 0 saturated heterocycles. The van der Waals surface area contributed by atoms with Gasteiger partial charge in [-0.2, -0.15) is 0 Å². The molecule has 0 unspecified atom stereocenters. The zero-order chi connectivity index (χ0) is 6.69. The lowest BCUT2D eigenvalue weighted by atomic mass is 10.2. The van der Waals surface area contributed by atoms with Crippen LogP contribution in [0.1, 0.15) is 5.56 Å². The fraction of sp³-hybridized carbons (Fsp3) is 0.250. The summed E-state index contributed by atoms with van der Waals surface area (Å²) in [5.74, 6) is 1.04. The van der Waals surface area contributed by atoms with Gasteiger partial charge >= 0.3 is 0 Å². The van der Waals surface area contributed by atoms with Crippen molar-refractivity contribution in [1.82, 2.24) is 0 Å². The molecule has 1 aromatic carbocycles. The number of aromatic hydroxyl groups is 1. The second kappa shape index (κ2) is 2.53. The van der Waals surface area contributed by atoms with Crippen molar-refractivity contribution >= 4 is 0 Å². The Morgan fingerprint density at radius 1 is 1.11 bits per heavy atom. The van der Waals surface area contributed by atoms with E-state index in [1.165, 1.54) is 5.56 Å². The van der Waals surface area contributed by atoms with E-state index in [1.807, 2.05) is 12.1 Å². The molecule has 0 heterocycles. The van der Waals surface area contributed by atoms with Crippen molar-refractivity contribution in [3.63, 3.8) is 0 Å². The first-order valence-corrected chi connectivity index (χ1v) is 2.99. The second-order valence-corrected chi connectivity index (χ2v) is 2.06. The normalized spacial score (nSPS) is 9.11. The molecule has 1 rings (SSSR count). The highest BCUT2D eigenvalue weighted by Crippen LogP contribution is 2.10. The monoisotopic (exact) mass is 123 g/mol. The van der Waals surface area contributed by atoms with Crippen LogP contribution in [0.2, 0.25) is 0 Å². The second-order valence-electron chi connectivity index (χ2n) is 2.06. The van der Waals surface area contributed by atoms with Gasteiger partial charge in [-0.3, -0.25) is 0 Å². The van der Waals surface area contributed by atoms with E-state index < -0.39 is 0 Å². The summed E-state index contributed by atoms with van der Waals surface area (Å²) in [6.07, 6.45) is 0. The van der Waals surface area contributed by atoms with Gasteiger partial charge in [-0.05, 0) is 6.92 Å². The number of rotatable bonds is 1. The molecule has 0 bridgehead atoms. The Morgan fingerprint density at radius 3 is 2.11 bits per heavy atom. The average Bonchev–Trinajstić information content (AvgIpc) is 1.90. The van der Waals surface area contributed by atoms with E-state index in [0.717, 1.165) is 5.75 Å². The van der Waals surface area contributed by atoms with E-state index in [2.05, 4.69) is 23.8 Å². The fourth-order valence-electron chi connectivity index (χ4n) is 0.694. The van der Waals surface area contributed by atoms with Crippen LogP contribution in [0.25, 0.3) is 0 Å². The Kier molecular flexibility index (Phi) is 1.73. The van der Waals surface area contributed by atoms with Crippen LogP contribution < -0.4 is 0 Å². The quantitative estimate of drug-likeness (QED) is 0.506. The molecule has 0 aliphatic carbocycles. The average molecular weight is 123 g/mol. The topological polar surface area (TPSA) is 12.8 Å². The van der Waals surface area contributed by atoms with Crippen molar-refractivity contribution < 1.29 is 4.74 Å². The highest BCUT2D eigenvalue weighted by atomic mass is 16.5. The van der Waals surface area contributed by atoms with E-state index in [0.29, 0.717) is 0 Å². The van der Waals surface area contributed by atoms with Crippen molar-refractivity contribution in [2.75, 3.05) is 7.11 Å². The molecule has 0 aromatic heterocycles. The molecule has 9 heavy (non-hydrogen) atoms. The molecule has 0 aliphatic rings. The predicted octanol–water partition coefficient (Wildman–Crippen LogP) is 1.87. The summed E-state index contributed by atoms with van der Waals surface area (Å²) < 4.78 is 4.01. The molecule has 0 spiro atoms. The van der Waals surface area contributed by atoms with Crippen LogP contribution in [0, 0.1) is 6.92 Å². The Hall–Kier alpha value is -0.980. The minimum Gasteiger partial charge on any atom is -0.585 e. The number of ether oxygens (including phenoxy) is 1. The third kappa shape index (κ3) is 1.46. The van der Waals surface area contributed by atoms with Crippen LogP contribution in [0.3, 0.4) is 0 Å². The van der Waals surface area contributed by atoms with Gasteiger partial charge in [0.05, 0.1) is 0 Å². The Morgan fingerprint density at radius 2 is 1.67 bits per heavy atom. The minimum absolute atomic E-state index is 1.04. The van der Waals surface area contributed by atoms with Crippen molar-refractivity contribution in [1.29, 1.82) is 0 Å². The first kappa shape index (κ1) is 6.14. The van der Waals surface area contributed by atoms with E-state index in [9.17, 15) is 0 Å². The predicted molar refractivity (Wildman–Crippen MR) is 38.8 cm³/mol. The first-order chi connectivity index (χ1) is 4.33. The highest BCUT2D eigenvalue weighted by molar-refractivity contribution is 5.25. The molecule has 48 valence electrons. The number of hydrogen-bond acceptors (Lipinski definition) is 0. The van der Waals surface area contributed by atoms with Crippen LogP contribution in [0.15, 0.2) is 24.3 Å². The van der Waals surface area contributed by atoms with Gasteiger partial charge < -0.3 is 4.74 Å². The number of hydrogen-bond donors (Lipinski definition) is 0. The van der Waals surface area contributed by atoms with Crippen LogP contribution >= 0.6 is 0 Å². The third-order valence-corrected chi connectivity index (χ3v) is 1.29. The van der Waals surface area contributed by atoms with Crippen molar-refractivity contribution in [3.05, 3.63) is 29.8 Å². The Balaban J connectivity index is 2.88. The molecule has 0 aliphatic heterocycles. The molecular weight excluding hydrogens is 112 g/mol. The zero-order valence-corrected chi connectivity index (χ0v) is 5.76. The molecule has 0 radical (unpaired) electrons. The van der Waals surface area contributed by atoms with Gasteiger partial charge in [-0.15, -0.1) is 0 Å². The van der Waals surface area contributed by atoms with E-state index in [1.54, 1.807) is 7.11 Å². The summed E-state index contributed by atoms with van der Waals surface area (Å²) in [5.41, 5.74) is 1.28. The summed E-state index contributed by atoms with van der Waals surface area (Å²) in [5, 5.41) is 0. The zero-order valence-electron chi connectivity index (χ0n) is 5.76. The van der Waals surface area contributed by atoms with Crippen LogP contribution in [0.4, 0.5) is 0 Å². The molecule has 1 aromatic rings. The van der Waals surface area contributed by atoms with Crippen molar-refractivity contribution in [2.45, 2.75) is 6.92 Å². The van der Waals surface area contributed by atoms with Gasteiger partial charge in [0.2, 0.25) is 0 Å². The van der Waals surface area contributed by atoms with Gasteiger partial charge in [0, 0.05) is 12.1 Å². The maximum atomic E-state index is 4.01. The summed E-state index contributed by atoms with van der Waals surface area (Å²) in [6, 6.07) is 8.13.